The average Bonchev–Trinajstić information content (AvgIpc) is 2.98. The third-order valence-electron chi connectivity index (χ3n) is 13.3. The van der Waals surface area contributed by atoms with Gasteiger partial charge in [-0.2, -0.15) is 22.0 Å². The summed E-state index contributed by atoms with van der Waals surface area (Å²) in [4.78, 5) is 37.4. The van der Waals surface area contributed by atoms with Gasteiger partial charge in [0.15, 0.2) is 6.10 Å². The third kappa shape index (κ3) is 11.2. The minimum atomic E-state index is -5.70. The standard InChI is InChI=1S/C23H33F5O5.C16H26O2.4CH4/c1-5-19(3,4)18(30)33-21-11-15-8-16(12-21)10-20(9-15,13-21)32-14(2)17(29)31-7-6-22(24,25)23(26,27)28;1-4-15(2,3)14(17)18-16-8-11-5-12(9-16)7-13(6-11)10-16;;;;/h14-16H,5-13H2,1-4H3;11-13H,4-10H2,1-3H3;4*1H4. The highest BCUT2D eigenvalue weighted by atomic mass is 19.4. The summed E-state index contributed by atoms with van der Waals surface area (Å²) in [5.41, 5.74) is -2.38. The molecule has 0 aromatic rings. The molecule has 55 heavy (non-hydrogen) atoms. The molecule has 0 N–H and O–H groups in total. The Morgan fingerprint density at radius 2 is 0.982 bits per heavy atom. The Balaban J connectivity index is 0.000000586. The molecule has 8 saturated carbocycles. The van der Waals surface area contributed by atoms with Gasteiger partial charge < -0.3 is 18.9 Å². The summed E-state index contributed by atoms with van der Waals surface area (Å²) < 4.78 is 85.8. The van der Waals surface area contributed by atoms with Crippen molar-refractivity contribution in [2.24, 2.45) is 40.4 Å². The number of halogens is 5. The lowest BCUT2D eigenvalue weighted by atomic mass is 9.52. The highest BCUT2D eigenvalue weighted by Crippen LogP contribution is 2.61. The van der Waals surface area contributed by atoms with Crippen LogP contribution >= 0.6 is 0 Å². The van der Waals surface area contributed by atoms with Crippen LogP contribution < -0.4 is 0 Å². The van der Waals surface area contributed by atoms with Crippen molar-refractivity contribution >= 4 is 17.9 Å². The van der Waals surface area contributed by atoms with E-state index in [1.54, 1.807) is 0 Å². The zero-order valence-corrected chi connectivity index (χ0v) is 31.5. The molecule has 0 saturated heterocycles. The van der Waals surface area contributed by atoms with E-state index in [9.17, 15) is 36.3 Å². The number of carbonyl (C=O) groups is 3. The lowest BCUT2D eigenvalue weighted by Gasteiger charge is -2.61. The van der Waals surface area contributed by atoms with Crippen LogP contribution in [-0.4, -0.2) is 59.5 Å². The van der Waals surface area contributed by atoms with E-state index >= 15 is 0 Å². The molecule has 0 aliphatic heterocycles. The molecule has 8 aliphatic rings. The molecule has 12 heteroatoms. The van der Waals surface area contributed by atoms with Crippen molar-refractivity contribution < 1.29 is 55.3 Å². The van der Waals surface area contributed by atoms with Crippen molar-refractivity contribution in [2.45, 2.75) is 209 Å². The van der Waals surface area contributed by atoms with Gasteiger partial charge in [-0.3, -0.25) is 9.59 Å². The number of hydrogen-bond donors (Lipinski definition) is 0. The van der Waals surface area contributed by atoms with Crippen molar-refractivity contribution in [3.63, 3.8) is 0 Å². The second kappa shape index (κ2) is 17.9. The van der Waals surface area contributed by atoms with E-state index in [0.29, 0.717) is 25.7 Å². The third-order valence-corrected chi connectivity index (χ3v) is 13.3. The average molecular weight is 799 g/mol. The molecule has 3 unspecified atom stereocenters. The summed E-state index contributed by atoms with van der Waals surface area (Å²) in [6.45, 7) is 12.0. The van der Waals surface area contributed by atoms with Crippen LogP contribution in [0.15, 0.2) is 0 Å². The topological polar surface area (TPSA) is 88.1 Å². The van der Waals surface area contributed by atoms with Gasteiger partial charge in [0.05, 0.1) is 29.5 Å². The Labute approximate surface area is 329 Å². The van der Waals surface area contributed by atoms with E-state index in [1.807, 2.05) is 34.6 Å². The van der Waals surface area contributed by atoms with Crippen LogP contribution in [-0.2, 0) is 33.3 Å². The van der Waals surface area contributed by atoms with E-state index in [4.69, 9.17) is 14.2 Å². The molecule has 0 amide bonds. The molecule has 0 spiro atoms. The van der Waals surface area contributed by atoms with Gasteiger partial charge in [0.1, 0.15) is 11.2 Å². The molecule has 8 bridgehead atoms. The summed E-state index contributed by atoms with van der Waals surface area (Å²) in [5, 5.41) is 0. The SMILES string of the molecule is C.C.C.C.CCC(C)(C)C(=O)OC12CC3CC(C1)CC(OC(C)C(=O)OCCC(F)(F)C(F)(F)F)(C3)C2.CCC(C)(C)C(=O)OC12CC3CC(CC(C3)C1)C2. The molecule has 0 radical (unpaired) electrons. The van der Waals surface area contributed by atoms with E-state index in [2.05, 4.69) is 11.7 Å². The first kappa shape index (κ1) is 51.0. The van der Waals surface area contributed by atoms with Crippen LogP contribution in [0.4, 0.5) is 22.0 Å². The second-order valence-corrected chi connectivity index (χ2v) is 18.6. The van der Waals surface area contributed by atoms with E-state index in [0.717, 1.165) is 62.7 Å². The minimum absolute atomic E-state index is 0. The summed E-state index contributed by atoms with van der Waals surface area (Å²) in [6.07, 6.45) is 4.91. The zero-order chi connectivity index (χ0) is 37.8. The summed E-state index contributed by atoms with van der Waals surface area (Å²) >= 11 is 0. The van der Waals surface area contributed by atoms with E-state index < -0.39 is 53.8 Å². The maximum atomic E-state index is 13.0. The zero-order valence-electron chi connectivity index (χ0n) is 31.5. The van der Waals surface area contributed by atoms with Gasteiger partial charge in [-0.15, -0.1) is 0 Å². The predicted octanol–water partition coefficient (Wildman–Crippen LogP) is 12.1. The smallest absolute Gasteiger partial charge is 0.453 e. The number of hydrogen-bond acceptors (Lipinski definition) is 7. The Morgan fingerprint density at radius 3 is 1.38 bits per heavy atom. The first-order valence-electron chi connectivity index (χ1n) is 19.2. The molecule has 324 valence electrons. The maximum absolute atomic E-state index is 13.0. The van der Waals surface area contributed by atoms with Gasteiger partial charge in [0, 0.05) is 6.42 Å². The van der Waals surface area contributed by atoms with Gasteiger partial charge in [-0.1, -0.05) is 43.6 Å². The largest absolute Gasteiger partial charge is 0.464 e. The van der Waals surface area contributed by atoms with Gasteiger partial charge in [-0.05, 0) is 148 Å². The van der Waals surface area contributed by atoms with Gasteiger partial charge in [0.2, 0.25) is 0 Å². The first-order chi connectivity index (χ1) is 23.4. The molecule has 3 atom stereocenters. The fraction of sp³-hybridized carbons (Fsp3) is 0.930. The van der Waals surface area contributed by atoms with Gasteiger partial charge >= 0.3 is 30.0 Å². The molecular formula is C43H75F5O7. The molecular weight excluding hydrogens is 723 g/mol. The Hall–Kier alpha value is -1.98. The molecule has 0 heterocycles. The van der Waals surface area contributed by atoms with Crippen molar-refractivity contribution in [3.8, 4) is 0 Å². The fourth-order valence-corrected chi connectivity index (χ4v) is 10.4. The van der Waals surface area contributed by atoms with Crippen LogP contribution in [0, 0.1) is 40.4 Å². The number of carbonyl (C=O) groups excluding carboxylic acids is 3. The van der Waals surface area contributed by atoms with E-state index in [-0.39, 0.29) is 64.5 Å². The number of esters is 3. The second-order valence-electron chi connectivity index (χ2n) is 18.6. The minimum Gasteiger partial charge on any atom is -0.464 e. The summed E-state index contributed by atoms with van der Waals surface area (Å²) in [7, 11) is 0. The van der Waals surface area contributed by atoms with Crippen molar-refractivity contribution in [1.29, 1.82) is 0 Å². The van der Waals surface area contributed by atoms with Crippen molar-refractivity contribution in [2.75, 3.05) is 6.61 Å². The van der Waals surface area contributed by atoms with Crippen LogP contribution in [0.1, 0.15) is 174 Å². The van der Waals surface area contributed by atoms with Crippen LogP contribution in [0.2, 0.25) is 0 Å². The number of alkyl halides is 5. The predicted molar refractivity (Wildman–Crippen MR) is 205 cm³/mol. The molecule has 8 fully saturated rings. The number of rotatable bonds is 12. The summed E-state index contributed by atoms with van der Waals surface area (Å²) in [6, 6.07) is 0. The molecule has 8 aliphatic carbocycles. The van der Waals surface area contributed by atoms with Gasteiger partial charge in [-0.25, -0.2) is 4.79 Å². The maximum Gasteiger partial charge on any atom is 0.453 e. The lowest BCUT2D eigenvalue weighted by Crippen LogP contribution is -2.62. The van der Waals surface area contributed by atoms with E-state index in [1.165, 1.54) is 26.2 Å². The quantitative estimate of drug-likeness (QED) is 0.110. The summed E-state index contributed by atoms with van der Waals surface area (Å²) in [5.74, 6) is -3.07. The van der Waals surface area contributed by atoms with Crippen LogP contribution in [0.25, 0.3) is 0 Å². The highest BCUT2D eigenvalue weighted by molar-refractivity contribution is 5.77. The molecule has 7 nitrogen and oxygen atoms in total. The monoisotopic (exact) mass is 799 g/mol. The molecule has 8 rings (SSSR count). The molecule has 0 aromatic heterocycles. The normalized spacial score (nSPS) is 33.3. The van der Waals surface area contributed by atoms with Crippen LogP contribution in [0.5, 0.6) is 0 Å². The van der Waals surface area contributed by atoms with Crippen LogP contribution in [0.3, 0.4) is 0 Å². The molecule has 0 aromatic carbocycles. The Morgan fingerprint density at radius 1 is 0.618 bits per heavy atom. The Bertz CT molecular complexity index is 1260. The highest BCUT2D eigenvalue weighted by Gasteiger charge is 2.62. The number of ether oxygens (including phenoxy) is 4. The Kier molecular flexibility index (Phi) is 16.6. The fourth-order valence-electron chi connectivity index (χ4n) is 10.4. The van der Waals surface area contributed by atoms with Crippen molar-refractivity contribution in [3.05, 3.63) is 0 Å². The lowest BCUT2D eigenvalue weighted by molar-refractivity contribution is -0.287. The van der Waals surface area contributed by atoms with Crippen molar-refractivity contribution in [1.82, 2.24) is 0 Å². The van der Waals surface area contributed by atoms with Gasteiger partial charge in [0.25, 0.3) is 0 Å². The first-order valence-corrected chi connectivity index (χ1v) is 19.2.